The van der Waals surface area contributed by atoms with Gasteiger partial charge in [-0.25, -0.2) is 14.8 Å². The molecule has 4 aromatic rings. The summed E-state index contributed by atoms with van der Waals surface area (Å²) >= 11 is 1.86. The van der Waals surface area contributed by atoms with E-state index in [0.717, 1.165) is 55.2 Å². The number of anilines is 2. The number of urea groups is 1. The van der Waals surface area contributed by atoms with Crippen molar-refractivity contribution in [3.63, 3.8) is 0 Å². The molecule has 2 aromatic heterocycles. The highest BCUT2D eigenvalue weighted by Crippen LogP contribution is 2.41. The molecule has 2 amide bonds. The number of rotatable bonds is 7. The predicted molar refractivity (Wildman–Crippen MR) is 165 cm³/mol. The van der Waals surface area contributed by atoms with Crippen molar-refractivity contribution in [2.24, 2.45) is 5.92 Å². The first kappa shape index (κ1) is 27.3. The van der Waals surface area contributed by atoms with Crippen molar-refractivity contribution in [2.75, 3.05) is 50.6 Å². The topological polar surface area (TPSA) is 79.8 Å². The molecule has 1 aliphatic heterocycles. The first-order valence-electron chi connectivity index (χ1n) is 14.4. The van der Waals surface area contributed by atoms with Gasteiger partial charge in [-0.2, -0.15) is 0 Å². The molecule has 2 aliphatic rings. The number of fused-ring (bicyclic) bond motifs is 3. The second kappa shape index (κ2) is 11.9. The van der Waals surface area contributed by atoms with E-state index in [1.165, 1.54) is 27.8 Å². The summed E-state index contributed by atoms with van der Waals surface area (Å²) in [6, 6.07) is 15.8. The summed E-state index contributed by atoms with van der Waals surface area (Å²) in [5, 5.41) is 4.25. The summed E-state index contributed by atoms with van der Waals surface area (Å²) in [6.45, 7) is 5.00. The fourth-order valence-electron chi connectivity index (χ4n) is 5.82. The molecule has 8 nitrogen and oxygen atoms in total. The van der Waals surface area contributed by atoms with Crippen LogP contribution in [0.1, 0.15) is 35.2 Å². The number of carbonyl (C=O) groups excluding carboxylic acids is 1. The van der Waals surface area contributed by atoms with E-state index in [9.17, 15) is 4.79 Å². The number of methoxy groups -OCH3 is 2. The number of piperazine rings is 1. The third kappa shape index (κ3) is 5.81. The van der Waals surface area contributed by atoms with Gasteiger partial charge in [0.1, 0.15) is 28.0 Å². The Morgan fingerprint density at radius 3 is 2.59 bits per heavy atom. The average molecular weight is 572 g/mol. The van der Waals surface area contributed by atoms with Crippen molar-refractivity contribution in [2.45, 2.75) is 39.0 Å². The minimum Gasteiger partial charge on any atom is -0.497 e. The summed E-state index contributed by atoms with van der Waals surface area (Å²) < 4.78 is 10.7. The Kier molecular flexibility index (Phi) is 7.96. The van der Waals surface area contributed by atoms with E-state index in [1.54, 1.807) is 26.4 Å². The molecule has 0 radical (unpaired) electrons. The van der Waals surface area contributed by atoms with Crippen molar-refractivity contribution in [3.05, 3.63) is 70.4 Å². The monoisotopic (exact) mass is 571 g/mol. The van der Waals surface area contributed by atoms with Gasteiger partial charge in [0, 0.05) is 43.5 Å². The minimum atomic E-state index is -0.133. The SMILES string of the molecule is COc1ccc(NC(=O)N2CCN(c3nc(CCc4ccccc4)nc4sc5c(c34)CC[C@@H](C)C5)CC2)c(OC)c1. The number of benzene rings is 2. The lowest BCUT2D eigenvalue weighted by molar-refractivity contribution is 0.208. The quantitative estimate of drug-likeness (QED) is 0.294. The third-order valence-electron chi connectivity index (χ3n) is 8.18. The maximum atomic E-state index is 13.2. The van der Waals surface area contributed by atoms with E-state index in [4.69, 9.17) is 19.4 Å². The Hall–Kier alpha value is -3.85. The van der Waals surface area contributed by atoms with Crippen LogP contribution in [0.4, 0.5) is 16.3 Å². The molecule has 1 N–H and O–H groups in total. The van der Waals surface area contributed by atoms with E-state index in [1.807, 2.05) is 22.3 Å². The number of nitrogens with one attached hydrogen (secondary N) is 1. The van der Waals surface area contributed by atoms with Gasteiger partial charge in [0.2, 0.25) is 0 Å². The Morgan fingerprint density at radius 2 is 1.83 bits per heavy atom. The number of aryl methyl sites for hydroxylation is 3. The summed E-state index contributed by atoms with van der Waals surface area (Å²) in [4.78, 5) is 30.3. The highest BCUT2D eigenvalue weighted by atomic mass is 32.1. The maximum Gasteiger partial charge on any atom is 0.322 e. The maximum absolute atomic E-state index is 13.2. The first-order chi connectivity index (χ1) is 20.0. The van der Waals surface area contributed by atoms with Gasteiger partial charge in [0.05, 0.1) is 25.3 Å². The van der Waals surface area contributed by atoms with Crippen LogP contribution in [0.2, 0.25) is 0 Å². The van der Waals surface area contributed by atoms with E-state index in [2.05, 4.69) is 47.5 Å². The predicted octanol–water partition coefficient (Wildman–Crippen LogP) is 5.97. The van der Waals surface area contributed by atoms with Crippen LogP contribution < -0.4 is 19.7 Å². The number of carbonyl (C=O) groups is 1. The number of aromatic nitrogens is 2. The molecule has 214 valence electrons. The molecular weight excluding hydrogens is 534 g/mol. The van der Waals surface area contributed by atoms with Crippen molar-refractivity contribution in [1.82, 2.24) is 14.9 Å². The fraction of sp³-hybridized carbons (Fsp3) is 0.406. The Labute approximate surface area is 245 Å². The molecule has 1 aliphatic carbocycles. The zero-order valence-corrected chi connectivity index (χ0v) is 24.8. The molecule has 3 heterocycles. The molecule has 0 saturated carbocycles. The van der Waals surface area contributed by atoms with Crippen LogP contribution in [0.3, 0.4) is 0 Å². The lowest BCUT2D eigenvalue weighted by atomic mass is 9.89. The summed E-state index contributed by atoms with van der Waals surface area (Å²) in [6.07, 6.45) is 5.13. The molecule has 1 saturated heterocycles. The summed E-state index contributed by atoms with van der Waals surface area (Å²) in [7, 11) is 3.19. The van der Waals surface area contributed by atoms with Gasteiger partial charge in [-0.05, 0) is 54.9 Å². The van der Waals surface area contributed by atoms with Gasteiger partial charge in [0.15, 0.2) is 0 Å². The third-order valence-corrected chi connectivity index (χ3v) is 9.33. The van der Waals surface area contributed by atoms with Crippen molar-refractivity contribution in [3.8, 4) is 11.5 Å². The normalized spacial score (nSPS) is 16.9. The molecule has 0 spiro atoms. The van der Waals surface area contributed by atoms with Gasteiger partial charge < -0.3 is 24.6 Å². The molecular formula is C32H37N5O3S. The molecule has 6 rings (SSSR count). The standard InChI is InChI=1S/C32H37N5O3S/c1-21-9-12-24-27(19-21)41-31-29(24)30(34-28(35-31)14-10-22-7-5-4-6-8-22)36-15-17-37(18-16-36)32(38)33-25-13-11-23(39-2)20-26(25)40-3/h4-8,11,13,20-21H,9-10,12,14-19H2,1-3H3,(H,33,38)/t21-/m1/s1. The molecule has 1 atom stereocenters. The van der Waals surface area contributed by atoms with Crippen LogP contribution in [0.25, 0.3) is 10.2 Å². The van der Waals surface area contributed by atoms with Gasteiger partial charge in [-0.1, -0.05) is 37.3 Å². The summed E-state index contributed by atoms with van der Waals surface area (Å²) in [5.74, 6) is 3.89. The van der Waals surface area contributed by atoms with Gasteiger partial charge in [-0.3, -0.25) is 0 Å². The zero-order chi connectivity index (χ0) is 28.3. The number of thiophene rings is 1. The molecule has 1 fully saturated rings. The van der Waals surface area contributed by atoms with Crippen LogP contribution in [0, 0.1) is 5.92 Å². The number of hydrogen-bond donors (Lipinski definition) is 1. The second-order valence-corrected chi connectivity index (χ2v) is 12.0. The highest BCUT2D eigenvalue weighted by molar-refractivity contribution is 7.19. The Morgan fingerprint density at radius 1 is 1.02 bits per heavy atom. The zero-order valence-electron chi connectivity index (χ0n) is 24.0. The van der Waals surface area contributed by atoms with Crippen molar-refractivity contribution in [1.29, 1.82) is 0 Å². The molecule has 0 bridgehead atoms. The molecule has 41 heavy (non-hydrogen) atoms. The van der Waals surface area contributed by atoms with Gasteiger partial charge >= 0.3 is 6.03 Å². The van der Waals surface area contributed by atoms with Crippen LogP contribution in [-0.2, 0) is 25.7 Å². The highest BCUT2D eigenvalue weighted by Gasteiger charge is 2.29. The molecule has 9 heteroatoms. The largest absolute Gasteiger partial charge is 0.497 e. The van der Waals surface area contributed by atoms with E-state index >= 15 is 0 Å². The van der Waals surface area contributed by atoms with E-state index in [0.29, 0.717) is 36.2 Å². The van der Waals surface area contributed by atoms with Gasteiger partial charge in [-0.15, -0.1) is 11.3 Å². The Balaban J connectivity index is 1.22. The van der Waals surface area contributed by atoms with Crippen molar-refractivity contribution >= 4 is 39.1 Å². The van der Waals surface area contributed by atoms with Crippen LogP contribution in [-0.4, -0.2) is 61.3 Å². The van der Waals surface area contributed by atoms with Gasteiger partial charge in [0.25, 0.3) is 0 Å². The fourth-order valence-corrected chi connectivity index (χ4v) is 7.22. The van der Waals surface area contributed by atoms with Crippen LogP contribution >= 0.6 is 11.3 Å². The van der Waals surface area contributed by atoms with Crippen molar-refractivity contribution < 1.29 is 14.3 Å². The molecule has 2 aromatic carbocycles. The average Bonchev–Trinajstić information content (AvgIpc) is 3.37. The lowest BCUT2D eigenvalue weighted by Crippen LogP contribution is -2.50. The smallest absolute Gasteiger partial charge is 0.322 e. The second-order valence-electron chi connectivity index (χ2n) is 11.0. The lowest BCUT2D eigenvalue weighted by Gasteiger charge is -2.36. The van der Waals surface area contributed by atoms with Crippen LogP contribution in [0.5, 0.6) is 11.5 Å². The number of nitrogens with zero attached hydrogens (tertiary/aromatic N) is 4. The number of amides is 2. The first-order valence-corrected chi connectivity index (χ1v) is 15.2. The Bertz CT molecular complexity index is 1530. The number of hydrogen-bond acceptors (Lipinski definition) is 7. The van der Waals surface area contributed by atoms with Crippen LogP contribution in [0.15, 0.2) is 48.5 Å². The van der Waals surface area contributed by atoms with E-state index < -0.39 is 0 Å². The molecule has 0 unspecified atom stereocenters. The number of ether oxygens (including phenoxy) is 2. The minimum absolute atomic E-state index is 0.133. The summed E-state index contributed by atoms with van der Waals surface area (Å²) in [5.41, 5.74) is 3.37. The van der Waals surface area contributed by atoms with E-state index in [-0.39, 0.29) is 6.03 Å².